The normalized spacial score (nSPS) is 13.0. The van der Waals surface area contributed by atoms with Crippen molar-refractivity contribution >= 4 is 23.2 Å². The second kappa shape index (κ2) is 7.50. The summed E-state index contributed by atoms with van der Waals surface area (Å²) in [5.41, 5.74) is 6.96. The van der Waals surface area contributed by atoms with E-state index < -0.39 is 0 Å². The summed E-state index contributed by atoms with van der Waals surface area (Å²) in [4.78, 5) is 14.2. The van der Waals surface area contributed by atoms with Crippen LogP contribution in [0.4, 0.5) is 5.69 Å². The molecule has 0 bridgehead atoms. The van der Waals surface area contributed by atoms with Crippen LogP contribution in [0.15, 0.2) is 60.7 Å². The van der Waals surface area contributed by atoms with Gasteiger partial charge in [-0.2, -0.15) is 5.26 Å². The topological polar surface area (TPSA) is 44.1 Å². The fourth-order valence-corrected chi connectivity index (χ4v) is 4.03. The lowest BCUT2D eigenvalue weighted by Gasteiger charge is -2.28. The van der Waals surface area contributed by atoms with Crippen LogP contribution < -0.4 is 4.90 Å². The minimum atomic E-state index is 0.00956. The van der Waals surface area contributed by atoms with Crippen LogP contribution in [0.25, 0.3) is 11.1 Å². The number of aryl methyl sites for hydroxylation is 2. The van der Waals surface area contributed by atoms with E-state index in [9.17, 15) is 10.1 Å². The number of halogens is 1. The molecule has 0 unspecified atom stereocenters. The highest BCUT2D eigenvalue weighted by Gasteiger charge is 2.21. The van der Waals surface area contributed by atoms with E-state index in [0.29, 0.717) is 17.1 Å². The molecule has 0 radical (unpaired) electrons. The van der Waals surface area contributed by atoms with Crippen LogP contribution in [0, 0.1) is 11.3 Å². The highest BCUT2D eigenvalue weighted by Crippen LogP contribution is 2.33. The van der Waals surface area contributed by atoms with E-state index in [2.05, 4.69) is 18.2 Å². The smallest absolute Gasteiger partial charge is 0.224 e. The number of nitrogens with zero attached hydrogens (tertiary/aromatic N) is 2. The van der Waals surface area contributed by atoms with Crippen LogP contribution in [-0.4, -0.2) is 5.91 Å². The lowest BCUT2D eigenvalue weighted by atomic mass is 9.91. The van der Waals surface area contributed by atoms with Gasteiger partial charge in [-0.3, -0.25) is 4.79 Å². The van der Waals surface area contributed by atoms with E-state index >= 15 is 0 Å². The van der Waals surface area contributed by atoms with Gasteiger partial charge in [0.2, 0.25) is 5.91 Å². The molecule has 0 saturated carbocycles. The Kier molecular flexibility index (Phi) is 4.90. The molecule has 0 aliphatic carbocycles. The number of rotatable bonds is 1. The van der Waals surface area contributed by atoms with Crippen molar-refractivity contribution in [1.29, 1.82) is 5.26 Å². The number of benzene rings is 3. The van der Waals surface area contributed by atoms with Gasteiger partial charge >= 0.3 is 0 Å². The molecule has 0 aromatic heterocycles. The standard InChI is InChI=1S/C24H19ClN2O/c1-16(28)27-15-21-9-7-18(23-5-3-2-4-20(23)14-26)12-17(21)6-8-19-13-22(25)10-11-24(19)27/h2-5,7,9-13H,6,8,15H2,1H3. The van der Waals surface area contributed by atoms with Gasteiger partial charge in [0, 0.05) is 17.6 Å². The minimum Gasteiger partial charge on any atom is -0.308 e. The van der Waals surface area contributed by atoms with Gasteiger partial charge in [-0.25, -0.2) is 0 Å². The number of anilines is 1. The van der Waals surface area contributed by atoms with E-state index in [1.54, 1.807) is 6.92 Å². The van der Waals surface area contributed by atoms with Gasteiger partial charge in [0.05, 0.1) is 18.2 Å². The highest BCUT2D eigenvalue weighted by atomic mass is 35.5. The molecule has 0 N–H and O–H groups in total. The maximum Gasteiger partial charge on any atom is 0.224 e. The van der Waals surface area contributed by atoms with Gasteiger partial charge in [0.25, 0.3) is 0 Å². The summed E-state index contributed by atoms with van der Waals surface area (Å²) < 4.78 is 0. The predicted octanol–water partition coefficient (Wildman–Crippen LogP) is 5.53. The number of hydrogen-bond acceptors (Lipinski definition) is 2. The van der Waals surface area contributed by atoms with Crippen molar-refractivity contribution in [3.8, 4) is 17.2 Å². The number of fused-ring (bicyclic) bond motifs is 2. The van der Waals surface area contributed by atoms with Crippen LogP contribution in [0.2, 0.25) is 5.02 Å². The number of amides is 1. The monoisotopic (exact) mass is 386 g/mol. The molecule has 1 aliphatic heterocycles. The lowest BCUT2D eigenvalue weighted by molar-refractivity contribution is -0.116. The van der Waals surface area contributed by atoms with Crippen molar-refractivity contribution in [3.05, 3.63) is 87.9 Å². The van der Waals surface area contributed by atoms with Gasteiger partial charge in [-0.1, -0.05) is 48.0 Å². The summed E-state index contributed by atoms with van der Waals surface area (Å²) >= 11 is 6.20. The molecular weight excluding hydrogens is 368 g/mol. The molecule has 0 saturated heterocycles. The number of hydrogen-bond donors (Lipinski definition) is 0. The van der Waals surface area contributed by atoms with Crippen molar-refractivity contribution in [2.24, 2.45) is 0 Å². The maximum absolute atomic E-state index is 12.4. The molecule has 1 aliphatic rings. The van der Waals surface area contributed by atoms with Gasteiger partial charge < -0.3 is 4.90 Å². The van der Waals surface area contributed by atoms with Crippen molar-refractivity contribution < 1.29 is 4.79 Å². The molecule has 28 heavy (non-hydrogen) atoms. The fraction of sp³-hybridized carbons (Fsp3) is 0.167. The summed E-state index contributed by atoms with van der Waals surface area (Å²) in [7, 11) is 0. The molecule has 3 nitrogen and oxygen atoms in total. The predicted molar refractivity (Wildman–Crippen MR) is 112 cm³/mol. The first-order valence-corrected chi connectivity index (χ1v) is 9.62. The molecule has 3 aromatic rings. The molecule has 4 heteroatoms. The van der Waals surface area contributed by atoms with Crippen molar-refractivity contribution in [3.63, 3.8) is 0 Å². The largest absolute Gasteiger partial charge is 0.308 e. The third-order valence-corrected chi connectivity index (χ3v) is 5.50. The zero-order chi connectivity index (χ0) is 19.7. The first-order chi connectivity index (χ1) is 13.6. The van der Waals surface area contributed by atoms with Crippen molar-refractivity contribution in [2.75, 3.05) is 4.90 Å². The molecule has 1 heterocycles. The molecule has 4 rings (SSSR count). The van der Waals surface area contributed by atoms with Gasteiger partial charge in [0.1, 0.15) is 0 Å². The summed E-state index contributed by atoms with van der Waals surface area (Å²) in [5, 5.41) is 10.1. The molecule has 1 amide bonds. The Bertz CT molecular complexity index is 1110. The van der Waals surface area contributed by atoms with Gasteiger partial charge in [-0.15, -0.1) is 0 Å². The van der Waals surface area contributed by atoms with Gasteiger partial charge in [-0.05, 0) is 64.9 Å². The Morgan fingerprint density at radius 3 is 2.57 bits per heavy atom. The van der Waals surface area contributed by atoms with Crippen LogP contribution in [-0.2, 0) is 24.2 Å². The molecule has 138 valence electrons. The Balaban J connectivity index is 1.79. The minimum absolute atomic E-state index is 0.00956. The van der Waals surface area contributed by atoms with E-state index in [-0.39, 0.29) is 5.91 Å². The maximum atomic E-state index is 12.4. The molecule has 0 spiro atoms. The Hall–Kier alpha value is -3.09. The summed E-state index contributed by atoms with van der Waals surface area (Å²) in [6, 6.07) is 21.9. The van der Waals surface area contributed by atoms with E-state index in [1.165, 1.54) is 5.56 Å². The van der Waals surface area contributed by atoms with Crippen LogP contribution >= 0.6 is 11.6 Å². The lowest BCUT2D eigenvalue weighted by Crippen LogP contribution is -2.30. The second-order valence-corrected chi connectivity index (χ2v) is 7.46. The zero-order valence-corrected chi connectivity index (χ0v) is 16.3. The first kappa shape index (κ1) is 18.3. The average Bonchev–Trinajstić information content (AvgIpc) is 2.69. The third kappa shape index (κ3) is 3.40. The Labute approximate surface area is 169 Å². The second-order valence-electron chi connectivity index (χ2n) is 7.02. The molecule has 3 aromatic carbocycles. The average molecular weight is 387 g/mol. The van der Waals surface area contributed by atoms with Gasteiger partial charge in [0.15, 0.2) is 0 Å². The van der Waals surface area contributed by atoms with Crippen LogP contribution in [0.3, 0.4) is 0 Å². The number of nitriles is 1. The summed E-state index contributed by atoms with van der Waals surface area (Å²) in [6.45, 7) is 2.12. The summed E-state index contributed by atoms with van der Waals surface area (Å²) in [5.74, 6) is 0.00956. The van der Waals surface area contributed by atoms with E-state index in [1.807, 2.05) is 53.4 Å². The van der Waals surface area contributed by atoms with E-state index in [0.717, 1.165) is 40.8 Å². The van der Waals surface area contributed by atoms with Crippen molar-refractivity contribution in [2.45, 2.75) is 26.3 Å². The summed E-state index contributed by atoms with van der Waals surface area (Å²) in [6.07, 6.45) is 1.66. The molecule has 0 atom stereocenters. The quantitative estimate of drug-likeness (QED) is 0.551. The molecular formula is C24H19ClN2O. The number of carbonyl (C=O) groups excluding carboxylic acids is 1. The zero-order valence-electron chi connectivity index (χ0n) is 15.6. The van der Waals surface area contributed by atoms with E-state index in [4.69, 9.17) is 11.6 Å². The van der Waals surface area contributed by atoms with Crippen molar-refractivity contribution in [1.82, 2.24) is 0 Å². The van der Waals surface area contributed by atoms with Crippen LogP contribution in [0.5, 0.6) is 0 Å². The molecule has 0 fully saturated rings. The Morgan fingerprint density at radius 2 is 1.79 bits per heavy atom. The Morgan fingerprint density at radius 1 is 1.00 bits per heavy atom. The fourth-order valence-electron chi connectivity index (χ4n) is 3.84. The first-order valence-electron chi connectivity index (χ1n) is 9.24. The number of carbonyl (C=O) groups is 1. The third-order valence-electron chi connectivity index (χ3n) is 5.27. The van der Waals surface area contributed by atoms with Crippen LogP contribution in [0.1, 0.15) is 29.2 Å². The highest BCUT2D eigenvalue weighted by molar-refractivity contribution is 6.30. The SMILES string of the molecule is CC(=O)N1Cc2ccc(-c3ccccc3C#N)cc2CCc2cc(Cl)ccc21.